The zero-order valence-corrected chi connectivity index (χ0v) is 19.6. The number of nitrogens with one attached hydrogen (secondary N) is 1. The van der Waals surface area contributed by atoms with Crippen LogP contribution < -0.4 is 10.1 Å². The van der Waals surface area contributed by atoms with E-state index in [0.29, 0.717) is 30.6 Å². The van der Waals surface area contributed by atoms with Gasteiger partial charge in [0, 0.05) is 37.8 Å². The van der Waals surface area contributed by atoms with Gasteiger partial charge in [0.05, 0.1) is 7.11 Å². The zero-order chi connectivity index (χ0) is 23.1. The first kappa shape index (κ1) is 23.2. The second-order valence-corrected chi connectivity index (χ2v) is 9.91. The Morgan fingerprint density at radius 2 is 1.85 bits per heavy atom. The summed E-state index contributed by atoms with van der Waals surface area (Å²) < 4.78 is 37.1. The standard InChI is InChI=1S/C23H29N5O4S/c1-31-19-10-8-18(9-11-19)23-26-22(32-27-23)7-3-2-4-14-24-21-13-12-20(17-25-21)33(29,30)28-15-5-6-16-28/h8-13,17H,2-7,14-16H2,1H3,(H,24,25). The van der Waals surface area contributed by atoms with Crippen LogP contribution in [0.2, 0.25) is 0 Å². The fraction of sp³-hybridized carbons (Fsp3) is 0.435. The van der Waals surface area contributed by atoms with Gasteiger partial charge in [0.2, 0.25) is 21.7 Å². The van der Waals surface area contributed by atoms with Crippen LogP contribution in [-0.2, 0) is 16.4 Å². The van der Waals surface area contributed by atoms with E-state index in [-0.39, 0.29) is 4.90 Å². The lowest BCUT2D eigenvalue weighted by molar-refractivity contribution is 0.374. The molecule has 0 aliphatic carbocycles. The number of hydrogen-bond acceptors (Lipinski definition) is 8. The predicted octanol–water partition coefficient (Wildman–Crippen LogP) is 3.75. The lowest BCUT2D eigenvalue weighted by Crippen LogP contribution is -2.27. The summed E-state index contributed by atoms with van der Waals surface area (Å²) in [5.41, 5.74) is 0.891. The maximum Gasteiger partial charge on any atom is 0.244 e. The van der Waals surface area contributed by atoms with Crippen LogP contribution in [0.5, 0.6) is 5.75 Å². The molecule has 33 heavy (non-hydrogen) atoms. The van der Waals surface area contributed by atoms with Gasteiger partial charge in [-0.05, 0) is 62.1 Å². The first-order chi connectivity index (χ1) is 16.1. The van der Waals surface area contributed by atoms with Gasteiger partial charge in [0.1, 0.15) is 16.5 Å². The van der Waals surface area contributed by atoms with E-state index >= 15 is 0 Å². The SMILES string of the molecule is COc1ccc(-c2noc(CCCCCNc3ccc(S(=O)(=O)N4CCCC4)cn3)n2)cc1. The Labute approximate surface area is 194 Å². The second kappa shape index (κ2) is 10.8. The number of pyridine rings is 1. The van der Waals surface area contributed by atoms with E-state index in [4.69, 9.17) is 9.26 Å². The third kappa shape index (κ3) is 5.88. The Kier molecular flexibility index (Phi) is 7.56. The maximum atomic E-state index is 12.5. The third-order valence-corrected chi connectivity index (χ3v) is 7.51. The third-order valence-electron chi connectivity index (χ3n) is 5.63. The molecule has 1 aliphatic rings. The van der Waals surface area contributed by atoms with Gasteiger partial charge in [-0.15, -0.1) is 0 Å². The highest BCUT2D eigenvalue weighted by atomic mass is 32.2. The number of nitrogens with zero attached hydrogens (tertiary/aromatic N) is 4. The second-order valence-electron chi connectivity index (χ2n) is 7.97. The molecule has 0 radical (unpaired) electrons. The van der Waals surface area contributed by atoms with Crippen LogP contribution in [0.4, 0.5) is 5.82 Å². The summed E-state index contributed by atoms with van der Waals surface area (Å²) in [6, 6.07) is 10.9. The summed E-state index contributed by atoms with van der Waals surface area (Å²) >= 11 is 0. The molecule has 1 aliphatic heterocycles. The Morgan fingerprint density at radius 3 is 2.55 bits per heavy atom. The quantitative estimate of drug-likeness (QED) is 0.421. The van der Waals surface area contributed by atoms with Gasteiger partial charge in [-0.25, -0.2) is 13.4 Å². The Balaban J connectivity index is 1.16. The summed E-state index contributed by atoms with van der Waals surface area (Å²) in [6.07, 6.45) is 6.89. The molecular weight excluding hydrogens is 442 g/mol. The van der Waals surface area contributed by atoms with Crippen LogP contribution in [0.15, 0.2) is 52.0 Å². The molecule has 0 bridgehead atoms. The minimum Gasteiger partial charge on any atom is -0.497 e. The number of unbranched alkanes of at least 4 members (excludes halogenated alkanes) is 2. The number of aromatic nitrogens is 3. The Hall–Kier alpha value is -2.98. The maximum absolute atomic E-state index is 12.5. The molecule has 0 amide bonds. The van der Waals surface area contributed by atoms with Crippen molar-refractivity contribution >= 4 is 15.8 Å². The molecule has 176 valence electrons. The predicted molar refractivity (Wildman–Crippen MR) is 125 cm³/mol. The molecule has 1 fully saturated rings. The Bertz CT molecular complexity index is 1120. The van der Waals surface area contributed by atoms with E-state index in [0.717, 1.165) is 56.4 Å². The summed E-state index contributed by atoms with van der Waals surface area (Å²) in [4.78, 5) is 8.98. The summed E-state index contributed by atoms with van der Waals surface area (Å²) in [7, 11) is -1.79. The van der Waals surface area contributed by atoms with Crippen LogP contribution >= 0.6 is 0 Å². The van der Waals surface area contributed by atoms with Crippen LogP contribution in [0.3, 0.4) is 0 Å². The molecule has 9 nitrogen and oxygen atoms in total. The molecule has 2 aromatic heterocycles. The van der Waals surface area contributed by atoms with E-state index in [1.54, 1.807) is 19.2 Å². The van der Waals surface area contributed by atoms with Gasteiger partial charge in [-0.2, -0.15) is 9.29 Å². The molecule has 1 N–H and O–H groups in total. The van der Waals surface area contributed by atoms with Gasteiger partial charge >= 0.3 is 0 Å². The van der Waals surface area contributed by atoms with Crippen LogP contribution in [-0.4, -0.2) is 54.6 Å². The smallest absolute Gasteiger partial charge is 0.244 e. The topological polar surface area (TPSA) is 110 Å². The zero-order valence-electron chi connectivity index (χ0n) is 18.7. The number of hydrogen-bond donors (Lipinski definition) is 1. The van der Waals surface area contributed by atoms with Crippen molar-refractivity contribution in [2.45, 2.75) is 43.4 Å². The summed E-state index contributed by atoms with van der Waals surface area (Å²) in [6.45, 7) is 1.94. The van der Waals surface area contributed by atoms with Crippen LogP contribution in [0, 0.1) is 0 Å². The molecule has 0 unspecified atom stereocenters. The monoisotopic (exact) mass is 471 g/mol. The van der Waals surface area contributed by atoms with E-state index in [1.807, 2.05) is 24.3 Å². The summed E-state index contributed by atoms with van der Waals surface area (Å²) in [5, 5.41) is 7.30. The summed E-state index contributed by atoms with van der Waals surface area (Å²) in [5.74, 6) is 2.67. The number of sulfonamides is 1. The lowest BCUT2D eigenvalue weighted by atomic mass is 10.2. The van der Waals surface area contributed by atoms with E-state index < -0.39 is 10.0 Å². The molecule has 1 aromatic carbocycles. The fourth-order valence-electron chi connectivity index (χ4n) is 3.72. The molecule has 3 aromatic rings. The van der Waals surface area contributed by atoms with Crippen molar-refractivity contribution in [2.24, 2.45) is 0 Å². The highest BCUT2D eigenvalue weighted by Crippen LogP contribution is 2.22. The van der Waals surface area contributed by atoms with Gasteiger partial charge in [0.15, 0.2) is 0 Å². The van der Waals surface area contributed by atoms with Gasteiger partial charge in [-0.1, -0.05) is 11.6 Å². The van der Waals surface area contributed by atoms with Crippen LogP contribution in [0.25, 0.3) is 11.4 Å². The van der Waals surface area contributed by atoms with Gasteiger partial charge in [-0.3, -0.25) is 0 Å². The number of ether oxygens (including phenoxy) is 1. The van der Waals surface area contributed by atoms with Crippen molar-refractivity contribution in [2.75, 3.05) is 32.1 Å². The molecule has 3 heterocycles. The molecule has 10 heteroatoms. The average Bonchev–Trinajstić information content (AvgIpc) is 3.55. The molecular formula is C23H29N5O4S. The lowest BCUT2D eigenvalue weighted by Gasteiger charge is -2.15. The Morgan fingerprint density at radius 1 is 1.06 bits per heavy atom. The highest BCUT2D eigenvalue weighted by Gasteiger charge is 2.27. The molecule has 1 saturated heterocycles. The number of methoxy groups -OCH3 is 1. The first-order valence-electron chi connectivity index (χ1n) is 11.2. The van der Waals surface area contributed by atoms with E-state index in [1.165, 1.54) is 10.5 Å². The normalized spacial score (nSPS) is 14.5. The van der Waals surface area contributed by atoms with Crippen molar-refractivity contribution in [1.82, 2.24) is 19.4 Å². The highest BCUT2D eigenvalue weighted by molar-refractivity contribution is 7.89. The van der Waals surface area contributed by atoms with Crippen molar-refractivity contribution in [1.29, 1.82) is 0 Å². The fourth-order valence-corrected chi connectivity index (χ4v) is 5.19. The number of rotatable bonds is 11. The van der Waals surface area contributed by atoms with Crippen LogP contribution in [0.1, 0.15) is 38.0 Å². The molecule has 4 rings (SSSR count). The minimum atomic E-state index is -3.42. The minimum absolute atomic E-state index is 0.253. The first-order valence-corrected chi connectivity index (χ1v) is 12.7. The molecule has 0 atom stereocenters. The van der Waals surface area contributed by atoms with Crippen molar-refractivity contribution < 1.29 is 17.7 Å². The molecule has 0 spiro atoms. The average molecular weight is 472 g/mol. The van der Waals surface area contributed by atoms with Gasteiger partial charge < -0.3 is 14.6 Å². The van der Waals surface area contributed by atoms with Crippen molar-refractivity contribution in [3.8, 4) is 17.1 Å². The van der Waals surface area contributed by atoms with E-state index in [2.05, 4.69) is 20.4 Å². The van der Waals surface area contributed by atoms with E-state index in [9.17, 15) is 8.42 Å². The van der Waals surface area contributed by atoms with Crippen molar-refractivity contribution in [3.63, 3.8) is 0 Å². The van der Waals surface area contributed by atoms with Crippen molar-refractivity contribution in [3.05, 3.63) is 48.5 Å². The number of aryl methyl sites for hydroxylation is 1. The largest absolute Gasteiger partial charge is 0.497 e. The van der Waals surface area contributed by atoms with Gasteiger partial charge in [0.25, 0.3) is 0 Å². The number of benzene rings is 1. The molecule has 0 saturated carbocycles. The number of anilines is 1.